The SMILES string of the molecule is CC/C=C1\C[C@@H]([N+](=O)[O-])[C@@H]2c3ccc(C(=O)OC)cc3CC[C@H]12. The van der Waals surface area contributed by atoms with Crippen LogP contribution in [0.25, 0.3) is 0 Å². The molecule has 0 saturated heterocycles. The van der Waals surface area contributed by atoms with Gasteiger partial charge in [-0.2, -0.15) is 0 Å². The van der Waals surface area contributed by atoms with Crippen molar-refractivity contribution in [3.05, 3.63) is 56.7 Å². The summed E-state index contributed by atoms with van der Waals surface area (Å²) in [5.41, 5.74) is 3.85. The van der Waals surface area contributed by atoms with E-state index < -0.39 is 6.04 Å². The summed E-state index contributed by atoms with van der Waals surface area (Å²) in [4.78, 5) is 23.1. The molecule has 0 N–H and O–H groups in total. The number of nitro groups is 1. The summed E-state index contributed by atoms with van der Waals surface area (Å²) in [5, 5.41) is 11.5. The van der Waals surface area contributed by atoms with E-state index in [0.29, 0.717) is 12.0 Å². The Morgan fingerprint density at radius 3 is 2.91 bits per heavy atom. The second-order valence-electron chi connectivity index (χ2n) is 6.32. The average Bonchev–Trinajstić information content (AvgIpc) is 2.93. The van der Waals surface area contributed by atoms with E-state index in [0.717, 1.165) is 30.4 Å². The number of esters is 1. The molecule has 23 heavy (non-hydrogen) atoms. The predicted octanol–water partition coefficient (Wildman–Crippen LogP) is 3.50. The molecule has 3 rings (SSSR count). The summed E-state index contributed by atoms with van der Waals surface area (Å²) in [6.45, 7) is 2.07. The van der Waals surface area contributed by atoms with Crippen LogP contribution in [0.15, 0.2) is 29.8 Å². The number of hydrogen-bond acceptors (Lipinski definition) is 4. The van der Waals surface area contributed by atoms with E-state index in [1.54, 1.807) is 6.07 Å². The van der Waals surface area contributed by atoms with Crippen LogP contribution in [-0.2, 0) is 11.2 Å². The lowest BCUT2D eigenvalue weighted by Gasteiger charge is -2.29. The van der Waals surface area contributed by atoms with Gasteiger partial charge in [0.15, 0.2) is 0 Å². The van der Waals surface area contributed by atoms with Gasteiger partial charge in [0, 0.05) is 11.3 Å². The minimum Gasteiger partial charge on any atom is -0.465 e. The first-order valence-electron chi connectivity index (χ1n) is 8.10. The quantitative estimate of drug-likeness (QED) is 0.370. The fourth-order valence-electron chi connectivity index (χ4n) is 4.21. The molecule has 2 aliphatic rings. The first-order chi connectivity index (χ1) is 11.1. The lowest BCUT2D eigenvalue weighted by atomic mass is 9.74. The molecule has 0 radical (unpaired) electrons. The standard InChI is InChI=1S/C18H21NO4/c1-3-4-11-10-16(19(21)22)17-14(11)7-5-12-9-13(18(20)23-2)6-8-15(12)17/h4,6,8-9,14,16-17H,3,5,7,10H2,1-2H3/b11-4+/t14-,16-,17+/m1/s1. The van der Waals surface area contributed by atoms with Crippen molar-refractivity contribution in [2.45, 2.75) is 44.6 Å². The van der Waals surface area contributed by atoms with Crippen LogP contribution >= 0.6 is 0 Å². The van der Waals surface area contributed by atoms with Crippen molar-refractivity contribution in [3.8, 4) is 0 Å². The lowest BCUT2D eigenvalue weighted by molar-refractivity contribution is -0.524. The summed E-state index contributed by atoms with van der Waals surface area (Å²) in [6.07, 6.45) is 5.39. The molecule has 2 aliphatic carbocycles. The van der Waals surface area contributed by atoms with Crippen molar-refractivity contribution in [1.29, 1.82) is 0 Å². The predicted molar refractivity (Wildman–Crippen MR) is 86.1 cm³/mol. The van der Waals surface area contributed by atoms with Crippen molar-refractivity contribution in [1.82, 2.24) is 0 Å². The van der Waals surface area contributed by atoms with Gasteiger partial charge in [-0.05, 0) is 48.4 Å². The van der Waals surface area contributed by atoms with E-state index in [-0.39, 0.29) is 22.7 Å². The van der Waals surface area contributed by atoms with E-state index in [9.17, 15) is 14.9 Å². The fourth-order valence-corrected chi connectivity index (χ4v) is 4.21. The third kappa shape index (κ3) is 2.64. The zero-order valence-electron chi connectivity index (χ0n) is 13.5. The molecule has 1 saturated carbocycles. The molecule has 0 aromatic heterocycles. The molecular weight excluding hydrogens is 294 g/mol. The molecule has 5 heteroatoms. The summed E-state index contributed by atoms with van der Waals surface area (Å²) in [7, 11) is 1.36. The number of fused-ring (bicyclic) bond motifs is 3. The monoisotopic (exact) mass is 315 g/mol. The molecule has 1 aromatic rings. The highest BCUT2D eigenvalue weighted by Crippen LogP contribution is 2.50. The van der Waals surface area contributed by atoms with Crippen LogP contribution in [0.5, 0.6) is 0 Å². The maximum Gasteiger partial charge on any atom is 0.337 e. The van der Waals surface area contributed by atoms with Gasteiger partial charge in [-0.3, -0.25) is 10.1 Å². The van der Waals surface area contributed by atoms with E-state index in [4.69, 9.17) is 4.74 Å². The van der Waals surface area contributed by atoms with Gasteiger partial charge in [0.2, 0.25) is 6.04 Å². The number of carbonyl (C=O) groups is 1. The van der Waals surface area contributed by atoms with E-state index in [1.807, 2.05) is 12.1 Å². The highest BCUT2D eigenvalue weighted by Gasteiger charge is 2.49. The van der Waals surface area contributed by atoms with Crippen LogP contribution < -0.4 is 0 Å². The van der Waals surface area contributed by atoms with Gasteiger partial charge in [-0.15, -0.1) is 0 Å². The van der Waals surface area contributed by atoms with Gasteiger partial charge in [0.05, 0.1) is 18.6 Å². The second-order valence-corrected chi connectivity index (χ2v) is 6.32. The van der Waals surface area contributed by atoms with Crippen molar-refractivity contribution < 1.29 is 14.5 Å². The third-order valence-electron chi connectivity index (χ3n) is 5.15. The van der Waals surface area contributed by atoms with Gasteiger partial charge >= 0.3 is 5.97 Å². The van der Waals surface area contributed by atoms with Gasteiger partial charge in [0.1, 0.15) is 0 Å². The Morgan fingerprint density at radius 1 is 1.48 bits per heavy atom. The van der Waals surface area contributed by atoms with Crippen LogP contribution in [0.2, 0.25) is 0 Å². The highest BCUT2D eigenvalue weighted by atomic mass is 16.6. The van der Waals surface area contributed by atoms with Crippen LogP contribution in [-0.4, -0.2) is 24.0 Å². The molecule has 122 valence electrons. The fraction of sp³-hybridized carbons (Fsp3) is 0.500. The zero-order chi connectivity index (χ0) is 16.6. The van der Waals surface area contributed by atoms with Crippen LogP contribution in [0, 0.1) is 16.0 Å². The minimum absolute atomic E-state index is 0.0711. The number of methoxy groups -OCH3 is 1. The van der Waals surface area contributed by atoms with E-state index in [2.05, 4.69) is 13.0 Å². The molecule has 1 aromatic carbocycles. The Hall–Kier alpha value is -2.17. The topological polar surface area (TPSA) is 69.4 Å². The number of ether oxygens (including phenoxy) is 1. The maximum absolute atomic E-state index is 11.7. The zero-order valence-corrected chi connectivity index (χ0v) is 13.5. The Kier molecular flexibility index (Phi) is 4.20. The third-order valence-corrected chi connectivity index (χ3v) is 5.15. The maximum atomic E-state index is 11.7. The van der Waals surface area contributed by atoms with Crippen molar-refractivity contribution in [2.24, 2.45) is 5.92 Å². The van der Waals surface area contributed by atoms with Crippen LogP contribution in [0.1, 0.15) is 53.6 Å². The van der Waals surface area contributed by atoms with E-state index >= 15 is 0 Å². The molecule has 1 fully saturated rings. The first-order valence-corrected chi connectivity index (χ1v) is 8.10. The molecule has 0 unspecified atom stereocenters. The number of rotatable bonds is 3. The first kappa shape index (κ1) is 15.7. The molecule has 0 heterocycles. The van der Waals surface area contributed by atoms with Crippen molar-refractivity contribution in [3.63, 3.8) is 0 Å². The molecule has 0 amide bonds. The smallest absolute Gasteiger partial charge is 0.337 e. The number of allylic oxidation sites excluding steroid dienone is 1. The normalized spacial score (nSPS) is 27.4. The summed E-state index contributed by atoms with van der Waals surface area (Å²) < 4.78 is 4.77. The van der Waals surface area contributed by atoms with Gasteiger partial charge in [-0.25, -0.2) is 4.79 Å². The number of carbonyl (C=O) groups excluding carboxylic acids is 1. The van der Waals surface area contributed by atoms with Gasteiger partial charge in [-0.1, -0.05) is 24.6 Å². The molecule has 0 aliphatic heterocycles. The summed E-state index contributed by atoms with van der Waals surface area (Å²) >= 11 is 0. The van der Waals surface area contributed by atoms with E-state index in [1.165, 1.54) is 12.7 Å². The number of nitrogens with zero attached hydrogens (tertiary/aromatic N) is 1. The summed E-state index contributed by atoms with van der Waals surface area (Å²) in [5.74, 6) is -0.168. The Balaban J connectivity index is 2.02. The molecule has 3 atom stereocenters. The van der Waals surface area contributed by atoms with Crippen molar-refractivity contribution in [2.75, 3.05) is 7.11 Å². The Morgan fingerprint density at radius 2 is 2.26 bits per heavy atom. The second kappa shape index (κ2) is 6.14. The minimum atomic E-state index is -0.555. The molecule has 0 spiro atoms. The van der Waals surface area contributed by atoms with Crippen molar-refractivity contribution >= 4 is 5.97 Å². The molecule has 5 nitrogen and oxygen atoms in total. The van der Waals surface area contributed by atoms with Crippen LogP contribution in [0.4, 0.5) is 0 Å². The Bertz CT molecular complexity index is 680. The van der Waals surface area contributed by atoms with Crippen LogP contribution in [0.3, 0.4) is 0 Å². The number of hydrogen-bond donors (Lipinski definition) is 0. The lowest BCUT2D eigenvalue weighted by Crippen LogP contribution is -2.29. The Labute approximate surface area is 135 Å². The molecule has 0 bridgehead atoms. The molecular formula is C18H21NO4. The number of aryl methyl sites for hydroxylation is 1. The average molecular weight is 315 g/mol. The highest BCUT2D eigenvalue weighted by molar-refractivity contribution is 5.89. The van der Waals surface area contributed by atoms with Gasteiger partial charge < -0.3 is 4.74 Å². The van der Waals surface area contributed by atoms with Gasteiger partial charge in [0.25, 0.3) is 0 Å². The summed E-state index contributed by atoms with van der Waals surface area (Å²) in [6, 6.07) is 4.91. The number of benzene rings is 1. The largest absolute Gasteiger partial charge is 0.465 e.